The SMILES string of the molecule is O=C1OC2(CCC(CNc3ccc(C(F)(F)F)nc3)CC2)CN1c1cccnc1. The first-order valence-electron chi connectivity index (χ1n) is 9.52. The van der Waals surface area contributed by atoms with E-state index in [9.17, 15) is 18.0 Å². The average molecular weight is 406 g/mol. The van der Waals surface area contributed by atoms with Crippen molar-refractivity contribution in [3.8, 4) is 0 Å². The molecule has 1 N–H and O–H groups in total. The van der Waals surface area contributed by atoms with Crippen LogP contribution < -0.4 is 10.2 Å². The number of halogens is 3. The van der Waals surface area contributed by atoms with Gasteiger partial charge in [-0.2, -0.15) is 13.2 Å². The van der Waals surface area contributed by atoms with Gasteiger partial charge in [-0.25, -0.2) is 9.78 Å². The lowest BCUT2D eigenvalue weighted by Gasteiger charge is -2.35. The number of ether oxygens (including phenoxy) is 1. The number of nitrogens with zero attached hydrogens (tertiary/aromatic N) is 3. The summed E-state index contributed by atoms with van der Waals surface area (Å²) in [6.07, 6.45) is 2.99. The minimum Gasteiger partial charge on any atom is -0.441 e. The Labute approximate surface area is 166 Å². The number of hydrogen-bond acceptors (Lipinski definition) is 5. The number of anilines is 2. The summed E-state index contributed by atoms with van der Waals surface area (Å²) in [6.45, 7) is 1.16. The van der Waals surface area contributed by atoms with Crippen molar-refractivity contribution >= 4 is 17.5 Å². The standard InChI is InChI=1S/C20H21F3N4O2/c21-20(22,23)17-4-3-15(11-26-17)25-10-14-5-7-19(8-6-14)13-27(18(28)29-19)16-2-1-9-24-12-16/h1-4,9,11-12,14,25H,5-8,10,13H2. The Morgan fingerprint density at radius 1 is 1.21 bits per heavy atom. The third kappa shape index (κ3) is 4.28. The molecule has 6 nitrogen and oxygen atoms in total. The number of rotatable bonds is 4. The first-order chi connectivity index (χ1) is 13.8. The van der Waals surface area contributed by atoms with Crippen molar-refractivity contribution in [3.63, 3.8) is 0 Å². The zero-order chi connectivity index (χ0) is 20.5. The van der Waals surface area contributed by atoms with Crippen LogP contribution in [0.1, 0.15) is 31.4 Å². The molecule has 29 heavy (non-hydrogen) atoms. The van der Waals surface area contributed by atoms with Crippen molar-refractivity contribution in [1.29, 1.82) is 0 Å². The molecule has 1 amide bonds. The summed E-state index contributed by atoms with van der Waals surface area (Å²) in [5, 5.41) is 3.16. The van der Waals surface area contributed by atoms with E-state index in [-0.39, 0.29) is 6.09 Å². The average Bonchev–Trinajstić information content (AvgIpc) is 3.04. The summed E-state index contributed by atoms with van der Waals surface area (Å²) in [7, 11) is 0. The van der Waals surface area contributed by atoms with Crippen molar-refractivity contribution in [2.75, 3.05) is 23.3 Å². The fourth-order valence-corrected chi connectivity index (χ4v) is 3.93. The molecule has 1 spiro atoms. The van der Waals surface area contributed by atoms with Crippen molar-refractivity contribution in [1.82, 2.24) is 9.97 Å². The third-order valence-electron chi connectivity index (χ3n) is 5.59. The van der Waals surface area contributed by atoms with Crippen LogP contribution in [0.15, 0.2) is 42.9 Å². The second-order valence-corrected chi connectivity index (χ2v) is 7.60. The molecule has 1 saturated heterocycles. The smallest absolute Gasteiger partial charge is 0.433 e. The Kier molecular flexibility index (Phi) is 5.06. The molecule has 9 heteroatoms. The summed E-state index contributed by atoms with van der Waals surface area (Å²) < 4.78 is 43.5. The lowest BCUT2D eigenvalue weighted by molar-refractivity contribution is -0.141. The maximum absolute atomic E-state index is 12.6. The minimum absolute atomic E-state index is 0.342. The number of aromatic nitrogens is 2. The Balaban J connectivity index is 1.29. The molecule has 4 rings (SSSR count). The number of amides is 1. The van der Waals surface area contributed by atoms with Gasteiger partial charge in [0.1, 0.15) is 11.3 Å². The lowest BCUT2D eigenvalue weighted by Crippen LogP contribution is -2.39. The number of alkyl halides is 3. The van der Waals surface area contributed by atoms with E-state index < -0.39 is 17.5 Å². The van der Waals surface area contributed by atoms with Gasteiger partial charge in [0.05, 0.1) is 30.3 Å². The van der Waals surface area contributed by atoms with Gasteiger partial charge in [-0.1, -0.05) is 0 Å². The van der Waals surface area contributed by atoms with E-state index in [0.29, 0.717) is 24.7 Å². The zero-order valence-electron chi connectivity index (χ0n) is 15.7. The quantitative estimate of drug-likeness (QED) is 0.810. The molecular weight excluding hydrogens is 385 g/mol. The first kappa shape index (κ1) is 19.5. The van der Waals surface area contributed by atoms with Crippen LogP contribution in [0, 0.1) is 5.92 Å². The van der Waals surface area contributed by atoms with E-state index in [1.165, 1.54) is 12.3 Å². The van der Waals surface area contributed by atoms with Crippen LogP contribution in [0.25, 0.3) is 0 Å². The van der Waals surface area contributed by atoms with Crippen molar-refractivity contribution in [3.05, 3.63) is 48.5 Å². The van der Waals surface area contributed by atoms with E-state index in [0.717, 1.165) is 37.4 Å². The van der Waals surface area contributed by atoms with Crippen LogP contribution in [0.4, 0.5) is 29.3 Å². The van der Waals surface area contributed by atoms with Crippen molar-refractivity contribution in [2.24, 2.45) is 5.92 Å². The molecule has 2 aromatic heterocycles. The van der Waals surface area contributed by atoms with E-state index in [1.807, 2.05) is 6.07 Å². The first-order valence-corrected chi connectivity index (χ1v) is 9.52. The van der Waals surface area contributed by atoms with E-state index in [1.54, 1.807) is 23.4 Å². The van der Waals surface area contributed by atoms with Gasteiger partial charge in [0.15, 0.2) is 0 Å². The molecule has 0 radical (unpaired) electrons. The van der Waals surface area contributed by atoms with Crippen LogP contribution in [0.2, 0.25) is 0 Å². The predicted molar refractivity (Wildman–Crippen MR) is 100 cm³/mol. The molecule has 0 unspecified atom stereocenters. The number of carbonyl (C=O) groups is 1. The van der Waals surface area contributed by atoms with Gasteiger partial charge in [0, 0.05) is 12.7 Å². The molecule has 3 heterocycles. The summed E-state index contributed by atoms with van der Waals surface area (Å²) >= 11 is 0. The van der Waals surface area contributed by atoms with E-state index >= 15 is 0 Å². The van der Waals surface area contributed by atoms with Gasteiger partial charge in [0.25, 0.3) is 0 Å². The van der Waals surface area contributed by atoms with Gasteiger partial charge in [0.2, 0.25) is 0 Å². The monoisotopic (exact) mass is 406 g/mol. The lowest BCUT2D eigenvalue weighted by atomic mass is 9.78. The second kappa shape index (κ2) is 7.53. The van der Waals surface area contributed by atoms with Gasteiger partial charge in [-0.15, -0.1) is 0 Å². The number of hydrogen-bond donors (Lipinski definition) is 1. The molecule has 0 bridgehead atoms. The molecule has 1 aliphatic heterocycles. The maximum atomic E-state index is 12.6. The molecule has 1 aliphatic carbocycles. The molecular formula is C20H21F3N4O2. The number of pyridine rings is 2. The summed E-state index contributed by atoms with van der Waals surface area (Å²) in [5.41, 5.74) is -0.0792. The third-order valence-corrected chi connectivity index (χ3v) is 5.59. The Hall–Kier alpha value is -2.84. The Morgan fingerprint density at radius 2 is 2.00 bits per heavy atom. The van der Waals surface area contributed by atoms with Gasteiger partial charge >= 0.3 is 12.3 Å². The molecule has 0 atom stereocenters. The normalized spacial score (nSPS) is 24.6. The fourth-order valence-electron chi connectivity index (χ4n) is 3.93. The van der Waals surface area contributed by atoms with E-state index in [4.69, 9.17) is 4.74 Å². The van der Waals surface area contributed by atoms with Gasteiger partial charge < -0.3 is 10.1 Å². The molecule has 2 aromatic rings. The van der Waals surface area contributed by atoms with E-state index in [2.05, 4.69) is 15.3 Å². The molecule has 1 saturated carbocycles. The van der Waals surface area contributed by atoms with Crippen molar-refractivity contribution < 1.29 is 22.7 Å². The highest BCUT2D eigenvalue weighted by molar-refractivity contribution is 5.90. The van der Waals surface area contributed by atoms with Crippen molar-refractivity contribution in [2.45, 2.75) is 37.5 Å². The fraction of sp³-hybridized carbons (Fsp3) is 0.450. The van der Waals surface area contributed by atoms with Crippen LogP contribution >= 0.6 is 0 Å². The molecule has 2 aliphatic rings. The molecule has 2 fully saturated rings. The molecule has 0 aromatic carbocycles. The summed E-state index contributed by atoms with van der Waals surface area (Å²) in [4.78, 5) is 21.5. The summed E-state index contributed by atoms with van der Waals surface area (Å²) in [6, 6.07) is 5.99. The van der Waals surface area contributed by atoms with Crippen LogP contribution in [0.3, 0.4) is 0 Å². The molecule has 154 valence electrons. The maximum Gasteiger partial charge on any atom is 0.433 e. The highest BCUT2D eigenvalue weighted by Crippen LogP contribution is 2.40. The predicted octanol–water partition coefficient (Wildman–Crippen LogP) is 4.49. The Morgan fingerprint density at radius 3 is 2.62 bits per heavy atom. The van der Waals surface area contributed by atoms with Gasteiger partial charge in [-0.05, 0) is 55.9 Å². The Bertz CT molecular complexity index is 850. The van der Waals surface area contributed by atoms with Crippen LogP contribution in [-0.4, -0.2) is 34.8 Å². The van der Waals surface area contributed by atoms with Crippen LogP contribution in [-0.2, 0) is 10.9 Å². The second-order valence-electron chi connectivity index (χ2n) is 7.60. The topological polar surface area (TPSA) is 67.3 Å². The zero-order valence-corrected chi connectivity index (χ0v) is 15.7. The summed E-state index contributed by atoms with van der Waals surface area (Å²) in [5.74, 6) is 0.356. The number of carbonyl (C=O) groups excluding carboxylic acids is 1. The van der Waals surface area contributed by atoms with Gasteiger partial charge in [-0.3, -0.25) is 9.88 Å². The highest BCUT2D eigenvalue weighted by Gasteiger charge is 2.47. The number of nitrogens with one attached hydrogen (secondary N) is 1. The van der Waals surface area contributed by atoms with Crippen LogP contribution in [0.5, 0.6) is 0 Å². The largest absolute Gasteiger partial charge is 0.441 e. The minimum atomic E-state index is -4.43. The highest BCUT2D eigenvalue weighted by atomic mass is 19.4.